The Hall–Kier alpha value is -2.47. The van der Waals surface area contributed by atoms with Gasteiger partial charge in [0.15, 0.2) is 6.54 Å². The molecule has 25 heavy (non-hydrogen) atoms. The zero-order valence-corrected chi connectivity index (χ0v) is 14.7. The van der Waals surface area contributed by atoms with Crippen LogP contribution in [0, 0.1) is 0 Å². The molecule has 0 spiro atoms. The maximum Gasteiger partial charge on any atom is 0.275 e. The molecule has 2 aromatic rings. The Morgan fingerprint density at radius 1 is 1.16 bits per heavy atom. The second-order valence-electron chi connectivity index (χ2n) is 6.58. The van der Waals surface area contributed by atoms with Gasteiger partial charge in [-0.25, -0.2) is 9.97 Å². The topological polar surface area (TPSA) is 62.6 Å². The van der Waals surface area contributed by atoms with Gasteiger partial charge in [0.25, 0.3) is 5.91 Å². The summed E-state index contributed by atoms with van der Waals surface area (Å²) in [7, 11) is 0. The first-order chi connectivity index (χ1) is 12.2. The van der Waals surface area contributed by atoms with Crippen LogP contribution in [0.4, 0.5) is 5.95 Å². The molecule has 1 aliphatic heterocycles. The van der Waals surface area contributed by atoms with E-state index in [-0.39, 0.29) is 5.91 Å². The first kappa shape index (κ1) is 17.4. The third-order valence-electron chi connectivity index (χ3n) is 4.69. The minimum atomic E-state index is 0.127. The molecule has 1 saturated heterocycles. The lowest BCUT2D eigenvalue weighted by Crippen LogP contribution is -3.16. The summed E-state index contributed by atoms with van der Waals surface area (Å²) in [5.74, 6) is 1.23. The number of nitrogens with zero attached hydrogens (tertiary/aromatic N) is 3. The smallest absolute Gasteiger partial charge is 0.275 e. The van der Waals surface area contributed by atoms with E-state index in [1.165, 1.54) is 10.5 Å². The number of nitrogens with one attached hydrogen (secondary N) is 2. The highest BCUT2D eigenvalue weighted by Gasteiger charge is 2.23. The predicted octanol–water partition coefficient (Wildman–Crippen LogP) is 0.101. The Morgan fingerprint density at radius 2 is 1.84 bits per heavy atom. The summed E-state index contributed by atoms with van der Waals surface area (Å²) in [4.78, 5) is 24.3. The van der Waals surface area contributed by atoms with E-state index in [4.69, 9.17) is 0 Å². The van der Waals surface area contributed by atoms with E-state index < -0.39 is 0 Å². The Morgan fingerprint density at radius 3 is 2.52 bits per heavy atom. The maximum absolute atomic E-state index is 12.2. The van der Waals surface area contributed by atoms with E-state index in [9.17, 15) is 4.79 Å². The van der Waals surface area contributed by atoms with Crippen LogP contribution in [-0.2, 0) is 4.79 Å². The molecule has 1 aromatic heterocycles. The van der Waals surface area contributed by atoms with Crippen molar-refractivity contribution in [3.8, 4) is 0 Å². The molecule has 0 saturated carbocycles. The van der Waals surface area contributed by atoms with Crippen molar-refractivity contribution in [3.63, 3.8) is 0 Å². The second kappa shape index (κ2) is 8.58. The standard InChI is InChI=1S/C19H25N5O/c1-16(17-6-3-2-4-7-17)14-22-18(25)15-23-10-12-24(13-11-23)19-20-8-5-9-21-19/h2-9,16H,10-15H2,1H3,(H,22,25)/p+1/t16-/m1/s1. The van der Waals surface area contributed by atoms with E-state index in [1.54, 1.807) is 12.4 Å². The molecule has 1 fully saturated rings. The fourth-order valence-electron chi connectivity index (χ4n) is 3.11. The summed E-state index contributed by atoms with van der Waals surface area (Å²) >= 11 is 0. The molecular formula is C19H26N5O+. The van der Waals surface area contributed by atoms with Crippen LogP contribution in [-0.4, -0.2) is 55.1 Å². The van der Waals surface area contributed by atoms with Gasteiger partial charge in [0.1, 0.15) is 0 Å². The summed E-state index contributed by atoms with van der Waals surface area (Å²) in [6.45, 7) is 6.98. The molecule has 0 unspecified atom stereocenters. The van der Waals surface area contributed by atoms with Gasteiger partial charge in [0.2, 0.25) is 5.95 Å². The molecule has 1 amide bonds. The van der Waals surface area contributed by atoms with Crippen LogP contribution in [0.15, 0.2) is 48.8 Å². The van der Waals surface area contributed by atoms with Crippen molar-refractivity contribution in [1.82, 2.24) is 15.3 Å². The first-order valence-electron chi connectivity index (χ1n) is 8.89. The molecule has 1 atom stereocenters. The molecule has 132 valence electrons. The lowest BCUT2D eigenvalue weighted by atomic mass is 10.0. The predicted molar refractivity (Wildman–Crippen MR) is 97.7 cm³/mol. The van der Waals surface area contributed by atoms with Crippen LogP contribution < -0.4 is 15.1 Å². The molecule has 1 aliphatic rings. The molecule has 6 nitrogen and oxygen atoms in total. The molecule has 1 aromatic carbocycles. The van der Waals surface area contributed by atoms with Crippen molar-refractivity contribution in [1.29, 1.82) is 0 Å². The highest BCUT2D eigenvalue weighted by Crippen LogP contribution is 2.12. The average Bonchev–Trinajstić information content (AvgIpc) is 2.68. The third kappa shape index (κ3) is 5.00. The number of piperazine rings is 1. The lowest BCUT2D eigenvalue weighted by Gasteiger charge is -2.31. The Kier molecular flexibility index (Phi) is 5.95. The van der Waals surface area contributed by atoms with Crippen LogP contribution in [0.3, 0.4) is 0 Å². The van der Waals surface area contributed by atoms with Gasteiger partial charge in [-0.15, -0.1) is 0 Å². The summed E-state index contributed by atoms with van der Waals surface area (Å²) in [5, 5.41) is 3.07. The highest BCUT2D eigenvalue weighted by molar-refractivity contribution is 5.76. The van der Waals surface area contributed by atoms with Gasteiger partial charge in [-0.05, 0) is 17.5 Å². The molecular weight excluding hydrogens is 314 g/mol. The third-order valence-corrected chi connectivity index (χ3v) is 4.69. The number of amides is 1. The van der Waals surface area contributed by atoms with Crippen LogP contribution in [0.5, 0.6) is 0 Å². The van der Waals surface area contributed by atoms with Gasteiger partial charge < -0.3 is 15.1 Å². The van der Waals surface area contributed by atoms with E-state index in [1.807, 2.05) is 24.3 Å². The Bertz CT molecular complexity index is 656. The average molecular weight is 340 g/mol. The van der Waals surface area contributed by atoms with Crippen molar-refractivity contribution < 1.29 is 9.69 Å². The number of carbonyl (C=O) groups is 1. The van der Waals surface area contributed by atoms with Gasteiger partial charge in [-0.2, -0.15) is 0 Å². The highest BCUT2D eigenvalue weighted by atomic mass is 16.2. The number of carbonyl (C=O) groups excluding carboxylic acids is 1. The van der Waals surface area contributed by atoms with E-state index >= 15 is 0 Å². The molecule has 2 heterocycles. The van der Waals surface area contributed by atoms with Crippen molar-refractivity contribution in [3.05, 3.63) is 54.4 Å². The number of benzene rings is 1. The zero-order chi connectivity index (χ0) is 17.5. The van der Waals surface area contributed by atoms with Gasteiger partial charge in [-0.1, -0.05) is 37.3 Å². The van der Waals surface area contributed by atoms with Gasteiger partial charge >= 0.3 is 0 Å². The van der Waals surface area contributed by atoms with Gasteiger partial charge in [0, 0.05) is 18.9 Å². The van der Waals surface area contributed by atoms with Crippen LogP contribution >= 0.6 is 0 Å². The molecule has 6 heteroatoms. The Balaban J connectivity index is 1.39. The van der Waals surface area contributed by atoms with Gasteiger partial charge in [0.05, 0.1) is 26.2 Å². The second-order valence-corrected chi connectivity index (χ2v) is 6.58. The molecule has 3 rings (SSSR count). The maximum atomic E-state index is 12.2. The van der Waals surface area contributed by atoms with Crippen LogP contribution in [0.1, 0.15) is 18.4 Å². The van der Waals surface area contributed by atoms with E-state index in [2.05, 4.69) is 39.2 Å². The molecule has 0 bridgehead atoms. The van der Waals surface area contributed by atoms with Gasteiger partial charge in [-0.3, -0.25) is 4.79 Å². The number of hydrogen-bond acceptors (Lipinski definition) is 4. The largest absolute Gasteiger partial charge is 0.351 e. The van der Waals surface area contributed by atoms with Crippen molar-refractivity contribution >= 4 is 11.9 Å². The Labute approximate surface area is 148 Å². The quantitative estimate of drug-likeness (QED) is 0.783. The first-order valence-corrected chi connectivity index (χ1v) is 8.89. The molecule has 0 aliphatic carbocycles. The molecule has 2 N–H and O–H groups in total. The minimum Gasteiger partial charge on any atom is -0.351 e. The van der Waals surface area contributed by atoms with E-state index in [0.717, 1.165) is 32.1 Å². The monoisotopic (exact) mass is 340 g/mol. The summed E-state index contributed by atoms with van der Waals surface area (Å²) < 4.78 is 0. The normalized spacial score (nSPS) is 16.4. The summed E-state index contributed by atoms with van der Waals surface area (Å²) in [6.07, 6.45) is 3.53. The zero-order valence-electron chi connectivity index (χ0n) is 14.7. The molecule has 0 radical (unpaired) electrons. The fraction of sp³-hybridized carbons (Fsp3) is 0.421. The number of anilines is 1. The summed E-state index contributed by atoms with van der Waals surface area (Å²) in [6, 6.07) is 12.1. The van der Waals surface area contributed by atoms with E-state index in [0.29, 0.717) is 19.0 Å². The van der Waals surface area contributed by atoms with Crippen molar-refractivity contribution in [2.75, 3.05) is 44.2 Å². The minimum absolute atomic E-state index is 0.127. The number of quaternary nitrogens is 1. The lowest BCUT2D eigenvalue weighted by molar-refractivity contribution is -0.892. The fourth-order valence-corrected chi connectivity index (χ4v) is 3.11. The van der Waals surface area contributed by atoms with Crippen LogP contribution in [0.2, 0.25) is 0 Å². The number of aromatic nitrogens is 2. The number of hydrogen-bond donors (Lipinski definition) is 2. The SMILES string of the molecule is C[C@H](CNC(=O)C[NH+]1CCN(c2ncccn2)CC1)c1ccccc1. The summed E-state index contributed by atoms with van der Waals surface area (Å²) in [5.41, 5.74) is 1.26. The van der Waals surface area contributed by atoms with Crippen LogP contribution in [0.25, 0.3) is 0 Å². The van der Waals surface area contributed by atoms with Crippen molar-refractivity contribution in [2.24, 2.45) is 0 Å². The van der Waals surface area contributed by atoms with Crippen molar-refractivity contribution in [2.45, 2.75) is 12.8 Å². The number of rotatable bonds is 6.